The van der Waals surface area contributed by atoms with Crippen LogP contribution in [-0.2, 0) is 17.9 Å². The fourth-order valence-electron chi connectivity index (χ4n) is 2.66. The number of benzene rings is 2. The Balaban J connectivity index is 1.59. The number of carbonyl (C=O) groups is 1. The van der Waals surface area contributed by atoms with E-state index in [0.717, 1.165) is 5.56 Å². The summed E-state index contributed by atoms with van der Waals surface area (Å²) in [6.45, 7) is 4.81. The monoisotopic (exact) mass is 484 g/mol. The zero-order chi connectivity index (χ0) is 21.7. The molecule has 6 nitrogen and oxygen atoms in total. The number of nitrogens with one attached hydrogen (secondary N) is 1. The van der Waals surface area contributed by atoms with Crippen LogP contribution in [0, 0.1) is 6.92 Å². The van der Waals surface area contributed by atoms with E-state index in [9.17, 15) is 4.79 Å². The maximum absolute atomic E-state index is 12.3. The van der Waals surface area contributed by atoms with Crippen molar-refractivity contribution < 1.29 is 9.53 Å². The number of amides is 1. The van der Waals surface area contributed by atoms with Gasteiger partial charge in [0.25, 0.3) is 0 Å². The van der Waals surface area contributed by atoms with E-state index < -0.39 is 0 Å². The van der Waals surface area contributed by atoms with Crippen molar-refractivity contribution in [3.05, 3.63) is 62.9 Å². The highest BCUT2D eigenvalue weighted by atomic mass is 35.5. The summed E-state index contributed by atoms with van der Waals surface area (Å²) in [6, 6.07) is 10.4. The van der Waals surface area contributed by atoms with Gasteiger partial charge in [0.2, 0.25) is 5.91 Å². The summed E-state index contributed by atoms with van der Waals surface area (Å²) in [7, 11) is 0. The van der Waals surface area contributed by atoms with Gasteiger partial charge in [-0.3, -0.25) is 4.79 Å². The average Bonchev–Trinajstić information content (AvgIpc) is 3.08. The standard InChI is InChI=1S/C20H19Cl3N4O2S/c1-3-27-18(10-29-16-4-5-17(23)12(2)6-16)25-26-20(27)30-11-19(28)24-15-8-13(21)7-14(22)9-15/h4-9H,3,10-11H2,1-2H3,(H,24,28). The first-order valence-corrected chi connectivity index (χ1v) is 11.2. The number of anilines is 1. The predicted molar refractivity (Wildman–Crippen MR) is 122 cm³/mol. The molecule has 0 saturated carbocycles. The molecule has 0 aliphatic rings. The van der Waals surface area contributed by atoms with Gasteiger partial charge in [0.05, 0.1) is 5.75 Å². The number of carbonyl (C=O) groups excluding carboxylic acids is 1. The summed E-state index contributed by atoms with van der Waals surface area (Å²) in [4.78, 5) is 12.3. The number of hydrogen-bond acceptors (Lipinski definition) is 5. The molecule has 0 unspecified atom stereocenters. The lowest BCUT2D eigenvalue weighted by Gasteiger charge is -2.10. The van der Waals surface area contributed by atoms with Gasteiger partial charge >= 0.3 is 0 Å². The zero-order valence-electron chi connectivity index (χ0n) is 16.3. The maximum Gasteiger partial charge on any atom is 0.234 e. The van der Waals surface area contributed by atoms with Crippen molar-refractivity contribution in [2.75, 3.05) is 11.1 Å². The summed E-state index contributed by atoms with van der Waals surface area (Å²) in [5.41, 5.74) is 1.48. The van der Waals surface area contributed by atoms with Crippen molar-refractivity contribution in [2.24, 2.45) is 0 Å². The third-order valence-corrected chi connectivity index (χ3v) is 5.91. The van der Waals surface area contributed by atoms with Gasteiger partial charge < -0.3 is 14.6 Å². The van der Waals surface area contributed by atoms with Crippen LogP contribution in [0.3, 0.4) is 0 Å². The second-order valence-electron chi connectivity index (χ2n) is 6.34. The van der Waals surface area contributed by atoms with E-state index in [1.54, 1.807) is 24.3 Å². The van der Waals surface area contributed by atoms with Gasteiger partial charge in [0.1, 0.15) is 12.4 Å². The van der Waals surface area contributed by atoms with Crippen LogP contribution in [-0.4, -0.2) is 26.4 Å². The van der Waals surface area contributed by atoms with Crippen molar-refractivity contribution in [1.29, 1.82) is 0 Å². The Morgan fingerprint density at radius 1 is 1.13 bits per heavy atom. The van der Waals surface area contributed by atoms with Crippen LogP contribution in [0.5, 0.6) is 5.75 Å². The van der Waals surface area contributed by atoms with Gasteiger partial charge in [-0.05, 0) is 55.8 Å². The number of aromatic nitrogens is 3. The molecule has 1 amide bonds. The first-order valence-electron chi connectivity index (χ1n) is 9.05. The molecule has 0 saturated heterocycles. The molecule has 0 spiro atoms. The Hall–Kier alpha value is -1.93. The highest BCUT2D eigenvalue weighted by Crippen LogP contribution is 2.24. The first-order chi connectivity index (χ1) is 14.4. The fraction of sp³-hybridized carbons (Fsp3) is 0.250. The van der Waals surface area contributed by atoms with Crippen LogP contribution >= 0.6 is 46.6 Å². The van der Waals surface area contributed by atoms with Gasteiger partial charge in [0, 0.05) is 27.3 Å². The van der Waals surface area contributed by atoms with Gasteiger partial charge in [0.15, 0.2) is 11.0 Å². The highest BCUT2D eigenvalue weighted by molar-refractivity contribution is 7.99. The number of halogens is 3. The molecule has 0 radical (unpaired) electrons. The lowest BCUT2D eigenvalue weighted by atomic mass is 10.2. The summed E-state index contributed by atoms with van der Waals surface area (Å²) in [5.74, 6) is 1.35. The summed E-state index contributed by atoms with van der Waals surface area (Å²) in [5, 5.41) is 13.4. The SMILES string of the molecule is CCn1c(COc2ccc(Cl)c(C)c2)nnc1SCC(=O)Nc1cc(Cl)cc(Cl)c1. The van der Waals surface area contributed by atoms with E-state index in [1.807, 2.05) is 30.5 Å². The first kappa shape index (κ1) is 22.7. The molecule has 0 atom stereocenters. The molecule has 2 aromatic carbocycles. The molecule has 0 fully saturated rings. The van der Waals surface area contributed by atoms with E-state index in [2.05, 4.69) is 15.5 Å². The molecule has 1 aromatic heterocycles. The van der Waals surface area contributed by atoms with Crippen molar-refractivity contribution >= 4 is 58.2 Å². The molecule has 3 rings (SSSR count). The smallest absolute Gasteiger partial charge is 0.234 e. The predicted octanol–water partition coefficient (Wildman–Crippen LogP) is 5.88. The Labute approximate surface area is 193 Å². The molecule has 30 heavy (non-hydrogen) atoms. The van der Waals surface area contributed by atoms with Crippen LogP contribution in [0.4, 0.5) is 5.69 Å². The van der Waals surface area contributed by atoms with E-state index >= 15 is 0 Å². The minimum absolute atomic E-state index is 0.166. The molecule has 10 heteroatoms. The molecule has 158 valence electrons. The normalized spacial score (nSPS) is 10.8. The second kappa shape index (κ2) is 10.4. The second-order valence-corrected chi connectivity index (χ2v) is 8.56. The van der Waals surface area contributed by atoms with Crippen LogP contribution < -0.4 is 10.1 Å². The molecule has 1 heterocycles. The van der Waals surface area contributed by atoms with Crippen molar-refractivity contribution in [1.82, 2.24) is 14.8 Å². The Bertz CT molecular complexity index is 1040. The van der Waals surface area contributed by atoms with E-state index in [0.29, 0.717) is 44.0 Å². The fourth-order valence-corrected chi connectivity index (χ4v) is 4.12. The van der Waals surface area contributed by atoms with E-state index in [4.69, 9.17) is 39.5 Å². The average molecular weight is 486 g/mol. The lowest BCUT2D eigenvalue weighted by Crippen LogP contribution is -2.15. The molecule has 0 bridgehead atoms. The van der Waals surface area contributed by atoms with Crippen LogP contribution in [0.2, 0.25) is 15.1 Å². The Morgan fingerprint density at radius 2 is 1.87 bits per heavy atom. The molecule has 1 N–H and O–H groups in total. The maximum atomic E-state index is 12.3. The topological polar surface area (TPSA) is 69.0 Å². The van der Waals surface area contributed by atoms with Crippen LogP contribution in [0.25, 0.3) is 0 Å². The minimum Gasteiger partial charge on any atom is -0.486 e. The van der Waals surface area contributed by atoms with Crippen LogP contribution in [0.1, 0.15) is 18.3 Å². The van der Waals surface area contributed by atoms with Crippen molar-refractivity contribution in [3.63, 3.8) is 0 Å². The molecule has 0 aliphatic heterocycles. The third-order valence-electron chi connectivity index (χ3n) is 4.09. The largest absolute Gasteiger partial charge is 0.486 e. The number of rotatable bonds is 8. The molecule has 3 aromatic rings. The van der Waals surface area contributed by atoms with Crippen molar-refractivity contribution in [3.8, 4) is 5.75 Å². The lowest BCUT2D eigenvalue weighted by molar-refractivity contribution is -0.113. The van der Waals surface area contributed by atoms with Gasteiger partial charge in [-0.25, -0.2) is 0 Å². The number of hydrogen-bond donors (Lipinski definition) is 1. The molecular formula is C20H19Cl3N4O2S. The zero-order valence-corrected chi connectivity index (χ0v) is 19.4. The van der Waals surface area contributed by atoms with E-state index in [-0.39, 0.29) is 18.3 Å². The quantitative estimate of drug-likeness (QED) is 0.404. The third kappa shape index (κ3) is 6.04. The number of nitrogens with zero attached hydrogens (tertiary/aromatic N) is 3. The summed E-state index contributed by atoms with van der Waals surface area (Å²) >= 11 is 19.3. The minimum atomic E-state index is -0.196. The number of ether oxygens (including phenoxy) is 1. The molecule has 0 aliphatic carbocycles. The van der Waals surface area contributed by atoms with Crippen LogP contribution in [0.15, 0.2) is 41.6 Å². The summed E-state index contributed by atoms with van der Waals surface area (Å²) < 4.78 is 7.73. The highest BCUT2D eigenvalue weighted by Gasteiger charge is 2.14. The number of thioether (sulfide) groups is 1. The Morgan fingerprint density at radius 3 is 2.53 bits per heavy atom. The van der Waals surface area contributed by atoms with E-state index in [1.165, 1.54) is 11.8 Å². The number of aryl methyl sites for hydroxylation is 1. The van der Waals surface area contributed by atoms with Gasteiger partial charge in [-0.15, -0.1) is 10.2 Å². The summed E-state index contributed by atoms with van der Waals surface area (Å²) in [6.07, 6.45) is 0. The van der Waals surface area contributed by atoms with Gasteiger partial charge in [-0.1, -0.05) is 46.6 Å². The Kier molecular flexibility index (Phi) is 7.88. The molecular weight excluding hydrogens is 467 g/mol. The van der Waals surface area contributed by atoms with Gasteiger partial charge in [-0.2, -0.15) is 0 Å². The van der Waals surface area contributed by atoms with Crippen molar-refractivity contribution in [2.45, 2.75) is 32.2 Å².